The Morgan fingerprint density at radius 2 is 1.48 bits per heavy atom. The summed E-state index contributed by atoms with van der Waals surface area (Å²) >= 11 is 0. The second-order valence-electron chi connectivity index (χ2n) is 6.35. The Morgan fingerprint density at radius 3 is 2.00 bits per heavy atom. The van der Waals surface area contributed by atoms with Gasteiger partial charge in [-0.05, 0) is 46.9 Å². The first kappa shape index (κ1) is 20.8. The minimum atomic E-state index is -4.84. The van der Waals surface area contributed by atoms with Gasteiger partial charge < -0.3 is 9.84 Å². The molecule has 0 spiro atoms. The summed E-state index contributed by atoms with van der Waals surface area (Å²) in [4.78, 5) is 0. The molecule has 0 aromatic heterocycles. The van der Waals surface area contributed by atoms with E-state index in [1.54, 1.807) is 24.3 Å². The maximum absolute atomic E-state index is 15.1. The Morgan fingerprint density at radius 1 is 0.897 bits per heavy atom. The quantitative estimate of drug-likeness (QED) is 0.506. The average molecular weight is 408 g/mol. The fraction of sp³-hybridized carbons (Fsp3) is 0.182. The third-order valence-corrected chi connectivity index (χ3v) is 4.52. The third-order valence-electron chi connectivity index (χ3n) is 4.52. The number of aliphatic hydroxyl groups is 1. The van der Waals surface area contributed by atoms with Crippen LogP contribution in [0.5, 0.6) is 5.75 Å². The van der Waals surface area contributed by atoms with Crippen molar-refractivity contribution in [1.29, 1.82) is 0 Å². The summed E-state index contributed by atoms with van der Waals surface area (Å²) in [5.41, 5.74) is 1.52. The monoisotopic (exact) mass is 408 g/mol. The predicted molar refractivity (Wildman–Crippen MR) is 99.2 cm³/mol. The molecule has 3 rings (SSSR count). The van der Waals surface area contributed by atoms with Crippen molar-refractivity contribution in [2.24, 2.45) is 0 Å². The van der Waals surface area contributed by atoms with Gasteiger partial charge in [-0.15, -0.1) is 13.2 Å². The molecule has 1 N–H and O–H groups in total. The van der Waals surface area contributed by atoms with E-state index in [2.05, 4.69) is 4.74 Å². The average Bonchev–Trinajstić information content (AvgIpc) is 2.67. The van der Waals surface area contributed by atoms with Crippen LogP contribution < -0.4 is 4.74 Å². The van der Waals surface area contributed by atoms with Crippen molar-refractivity contribution >= 4 is 0 Å². The summed E-state index contributed by atoms with van der Waals surface area (Å²) in [6.45, 7) is 1.14. The molecule has 0 saturated heterocycles. The molecule has 2 nitrogen and oxygen atoms in total. The number of aryl methyl sites for hydroxylation is 1. The van der Waals surface area contributed by atoms with Crippen molar-refractivity contribution in [3.05, 3.63) is 77.4 Å². The zero-order valence-electron chi connectivity index (χ0n) is 15.4. The molecule has 3 aromatic rings. The van der Waals surface area contributed by atoms with Gasteiger partial charge >= 0.3 is 6.36 Å². The number of alkyl halides is 3. The van der Waals surface area contributed by atoms with E-state index >= 15 is 4.39 Å². The Hall–Kier alpha value is -2.93. The lowest BCUT2D eigenvalue weighted by atomic mass is 9.91. The number of hydrogen-bond donors (Lipinski definition) is 1. The number of aliphatic hydroxyl groups excluding tert-OH is 1. The smallest absolute Gasteiger partial charge is 0.406 e. The van der Waals surface area contributed by atoms with Crippen LogP contribution in [0.2, 0.25) is 0 Å². The Balaban J connectivity index is 2.14. The molecular formula is C22H17F5O2. The lowest BCUT2D eigenvalue weighted by Crippen LogP contribution is -2.16. The fourth-order valence-corrected chi connectivity index (χ4v) is 3.06. The number of rotatable bonds is 5. The SMILES string of the molecule is CCc1ccc(-c2c(-c3ccc(OC(F)(F)F)cc3)cc(F)c(CO)c2F)cc1. The highest BCUT2D eigenvalue weighted by molar-refractivity contribution is 5.84. The van der Waals surface area contributed by atoms with Crippen LogP contribution in [0, 0.1) is 11.6 Å². The first-order valence-electron chi connectivity index (χ1n) is 8.80. The molecule has 0 heterocycles. The van der Waals surface area contributed by atoms with Gasteiger partial charge in [-0.1, -0.05) is 43.3 Å². The van der Waals surface area contributed by atoms with Gasteiger partial charge in [-0.25, -0.2) is 8.78 Å². The Labute approximate surface area is 164 Å². The summed E-state index contributed by atoms with van der Waals surface area (Å²) in [5.74, 6) is -2.30. The second-order valence-corrected chi connectivity index (χ2v) is 6.35. The van der Waals surface area contributed by atoms with Crippen LogP contribution in [0.3, 0.4) is 0 Å². The van der Waals surface area contributed by atoms with Gasteiger partial charge in [0.25, 0.3) is 0 Å². The standard InChI is InChI=1S/C22H17F5O2/c1-2-13-3-5-15(6-4-13)20-17(11-19(23)18(12-28)21(20)24)14-7-9-16(10-8-14)29-22(25,26)27/h3-11,28H,2,12H2,1H3. The van der Waals surface area contributed by atoms with Crippen molar-refractivity contribution in [3.8, 4) is 28.0 Å². The van der Waals surface area contributed by atoms with Crippen LogP contribution in [0.25, 0.3) is 22.3 Å². The molecule has 7 heteroatoms. The van der Waals surface area contributed by atoms with Gasteiger partial charge in [0, 0.05) is 11.1 Å². The van der Waals surface area contributed by atoms with Crippen LogP contribution in [-0.2, 0) is 13.0 Å². The van der Waals surface area contributed by atoms with E-state index in [1.807, 2.05) is 6.92 Å². The van der Waals surface area contributed by atoms with Gasteiger partial charge in [0.1, 0.15) is 17.4 Å². The maximum atomic E-state index is 15.1. The highest BCUT2D eigenvalue weighted by Crippen LogP contribution is 2.38. The molecule has 0 aliphatic rings. The van der Waals surface area contributed by atoms with Crippen LogP contribution in [0.4, 0.5) is 22.0 Å². The summed E-state index contributed by atoms with van der Waals surface area (Å²) in [5, 5.41) is 9.36. The summed E-state index contributed by atoms with van der Waals surface area (Å²) in [6.07, 6.45) is -4.06. The first-order chi connectivity index (χ1) is 13.7. The molecule has 0 aliphatic carbocycles. The molecule has 29 heavy (non-hydrogen) atoms. The van der Waals surface area contributed by atoms with Crippen LogP contribution in [0.15, 0.2) is 54.6 Å². The van der Waals surface area contributed by atoms with Crippen molar-refractivity contribution in [3.63, 3.8) is 0 Å². The van der Waals surface area contributed by atoms with E-state index in [1.165, 1.54) is 12.1 Å². The van der Waals surface area contributed by atoms with Gasteiger partial charge in [-0.2, -0.15) is 0 Å². The predicted octanol–water partition coefficient (Wildman–Crippen LogP) is 6.25. The molecule has 0 saturated carbocycles. The zero-order valence-corrected chi connectivity index (χ0v) is 15.4. The largest absolute Gasteiger partial charge is 0.573 e. The van der Waals surface area contributed by atoms with Gasteiger partial charge in [0.05, 0.1) is 6.61 Å². The molecular weight excluding hydrogens is 391 g/mol. The minimum absolute atomic E-state index is 0.0580. The fourth-order valence-electron chi connectivity index (χ4n) is 3.06. The van der Waals surface area contributed by atoms with Crippen molar-refractivity contribution in [2.45, 2.75) is 26.3 Å². The number of ether oxygens (including phenoxy) is 1. The van der Waals surface area contributed by atoms with Gasteiger partial charge in [0.2, 0.25) is 0 Å². The molecule has 0 aliphatic heterocycles. The van der Waals surface area contributed by atoms with E-state index < -0.39 is 35.9 Å². The molecule has 0 atom stereocenters. The number of hydrogen-bond acceptors (Lipinski definition) is 2. The van der Waals surface area contributed by atoms with Crippen LogP contribution in [-0.4, -0.2) is 11.5 Å². The zero-order chi connectivity index (χ0) is 21.2. The highest BCUT2D eigenvalue weighted by Gasteiger charge is 2.31. The first-order valence-corrected chi connectivity index (χ1v) is 8.80. The summed E-state index contributed by atoms with van der Waals surface area (Å²) in [6, 6.07) is 12.8. The number of halogens is 5. The van der Waals surface area contributed by atoms with E-state index in [0.29, 0.717) is 11.1 Å². The van der Waals surface area contributed by atoms with Gasteiger partial charge in [0.15, 0.2) is 0 Å². The molecule has 0 unspecified atom stereocenters. The third kappa shape index (κ3) is 4.56. The molecule has 152 valence electrons. The second kappa shape index (κ2) is 8.21. The van der Waals surface area contributed by atoms with E-state index in [9.17, 15) is 22.7 Å². The number of benzene rings is 3. The molecule has 0 bridgehead atoms. The molecule has 0 fully saturated rings. The summed E-state index contributed by atoms with van der Waals surface area (Å²) < 4.78 is 70.3. The maximum Gasteiger partial charge on any atom is 0.573 e. The van der Waals surface area contributed by atoms with Crippen LogP contribution in [0.1, 0.15) is 18.1 Å². The highest BCUT2D eigenvalue weighted by atomic mass is 19.4. The lowest BCUT2D eigenvalue weighted by Gasteiger charge is -2.16. The summed E-state index contributed by atoms with van der Waals surface area (Å²) in [7, 11) is 0. The van der Waals surface area contributed by atoms with E-state index in [4.69, 9.17) is 0 Å². The topological polar surface area (TPSA) is 29.5 Å². The van der Waals surface area contributed by atoms with E-state index in [-0.39, 0.29) is 11.1 Å². The molecule has 0 amide bonds. The van der Waals surface area contributed by atoms with Crippen molar-refractivity contribution < 1.29 is 31.8 Å². The Bertz CT molecular complexity index is 994. The lowest BCUT2D eigenvalue weighted by molar-refractivity contribution is -0.274. The molecule has 0 radical (unpaired) electrons. The molecule has 3 aromatic carbocycles. The van der Waals surface area contributed by atoms with Crippen LogP contribution >= 0.6 is 0 Å². The minimum Gasteiger partial charge on any atom is -0.406 e. The van der Waals surface area contributed by atoms with Crippen molar-refractivity contribution in [1.82, 2.24) is 0 Å². The normalized spacial score (nSPS) is 11.6. The Kier molecular flexibility index (Phi) is 5.88. The van der Waals surface area contributed by atoms with E-state index in [0.717, 1.165) is 30.2 Å². The van der Waals surface area contributed by atoms with Crippen molar-refractivity contribution in [2.75, 3.05) is 0 Å². The van der Waals surface area contributed by atoms with Gasteiger partial charge in [-0.3, -0.25) is 0 Å².